The molecule has 2 N–H and O–H groups in total. The predicted molar refractivity (Wildman–Crippen MR) is 82.5 cm³/mol. The summed E-state index contributed by atoms with van der Waals surface area (Å²) in [6, 6.07) is 2.90. The summed E-state index contributed by atoms with van der Waals surface area (Å²) in [6.45, 7) is 0. The van der Waals surface area contributed by atoms with Crippen molar-refractivity contribution < 1.29 is 29.6 Å². The molecule has 0 aliphatic carbocycles. The molecular weight excluding hydrogens is 352 g/mol. The van der Waals surface area contributed by atoms with Gasteiger partial charge in [0.2, 0.25) is 0 Å². The molecular formula is C11H8N2O8S2. The van der Waals surface area contributed by atoms with Crippen LogP contribution in [0.15, 0.2) is 29.7 Å². The van der Waals surface area contributed by atoms with Gasteiger partial charge in [0.1, 0.15) is 10.8 Å². The maximum atomic E-state index is 10.6. The molecule has 12 heteroatoms. The fourth-order valence-electron chi connectivity index (χ4n) is 1.39. The van der Waals surface area contributed by atoms with Crippen molar-refractivity contribution >= 4 is 44.9 Å². The Morgan fingerprint density at radius 3 is 2.13 bits per heavy atom. The van der Waals surface area contributed by atoms with E-state index in [4.69, 9.17) is 10.2 Å². The third-order valence-corrected chi connectivity index (χ3v) is 4.57. The summed E-state index contributed by atoms with van der Waals surface area (Å²) >= 11 is 0. The summed E-state index contributed by atoms with van der Waals surface area (Å²) in [5.74, 6) is -2.33. The second-order valence-electron chi connectivity index (χ2n) is 3.77. The van der Waals surface area contributed by atoms with E-state index >= 15 is 0 Å². The molecule has 1 unspecified atom stereocenters. The van der Waals surface area contributed by atoms with E-state index in [0.717, 1.165) is 18.2 Å². The Balaban J connectivity index is 0.000000277. The van der Waals surface area contributed by atoms with Crippen LogP contribution in [-0.2, 0) is 4.79 Å². The van der Waals surface area contributed by atoms with Gasteiger partial charge >= 0.3 is 23.3 Å². The van der Waals surface area contributed by atoms with E-state index in [9.17, 15) is 29.8 Å². The third-order valence-electron chi connectivity index (χ3n) is 2.34. The molecule has 0 fully saturated rings. The molecule has 122 valence electrons. The van der Waals surface area contributed by atoms with Crippen molar-refractivity contribution in [2.45, 2.75) is 5.25 Å². The van der Waals surface area contributed by atoms with Gasteiger partial charge in [0.15, 0.2) is 0 Å². The first-order chi connectivity index (χ1) is 10.8. The number of hydrogen-bond acceptors (Lipinski definition) is 8. The molecule has 0 saturated heterocycles. The summed E-state index contributed by atoms with van der Waals surface area (Å²) in [5.41, 5.74) is -2.54. The highest BCUT2D eigenvalue weighted by Crippen LogP contribution is 2.35. The van der Waals surface area contributed by atoms with E-state index in [2.05, 4.69) is 0 Å². The van der Waals surface area contributed by atoms with Crippen LogP contribution < -0.4 is 0 Å². The number of para-hydroxylation sites is 1. The van der Waals surface area contributed by atoms with Gasteiger partial charge in [0.05, 0.1) is 9.85 Å². The van der Waals surface area contributed by atoms with E-state index in [1.807, 2.05) is 0 Å². The van der Waals surface area contributed by atoms with E-state index in [-0.39, 0.29) is 5.25 Å². The van der Waals surface area contributed by atoms with Gasteiger partial charge in [0.25, 0.3) is 0 Å². The molecule has 0 amide bonds. The van der Waals surface area contributed by atoms with Crippen LogP contribution >= 0.6 is 21.6 Å². The fraction of sp³-hybridized carbons (Fsp3) is 0.0909. The van der Waals surface area contributed by atoms with E-state index in [1.165, 1.54) is 21.6 Å². The minimum Gasteiger partial charge on any atom is -0.480 e. The van der Waals surface area contributed by atoms with Crippen LogP contribution in [0, 0.1) is 20.2 Å². The summed E-state index contributed by atoms with van der Waals surface area (Å²) < 4.78 is 0. The number of carboxylic acid groups (broad SMARTS) is 2. The molecule has 0 bridgehead atoms. The lowest BCUT2D eigenvalue weighted by molar-refractivity contribution is -0.422. The van der Waals surface area contributed by atoms with Crippen LogP contribution in [0.2, 0.25) is 0 Å². The Labute approximate surface area is 135 Å². The molecule has 0 aromatic heterocycles. The standard InChI is InChI=1S/C7H4N2O6.C4H4O2S2/c10-7(11)4-2-1-3-5(8(12)13)6(4)9(14)15;5-4(6)3-1-2-7-8-3/h1-3H,(H,10,11);1-3H,(H,5,6). The number of carbonyl (C=O) groups is 2. The van der Waals surface area contributed by atoms with Gasteiger partial charge in [-0.15, -0.1) is 0 Å². The summed E-state index contributed by atoms with van der Waals surface area (Å²) in [7, 11) is 2.82. The lowest BCUT2D eigenvalue weighted by atomic mass is 10.1. The van der Waals surface area contributed by atoms with Crippen molar-refractivity contribution in [3.8, 4) is 0 Å². The maximum Gasteiger partial charge on any atom is 0.360 e. The normalized spacial score (nSPS) is 15.4. The molecule has 1 aliphatic heterocycles. The Morgan fingerprint density at radius 1 is 1.13 bits per heavy atom. The summed E-state index contributed by atoms with van der Waals surface area (Å²) in [4.78, 5) is 39.5. The van der Waals surface area contributed by atoms with Gasteiger partial charge in [0, 0.05) is 6.07 Å². The number of aromatic carboxylic acids is 1. The molecule has 10 nitrogen and oxygen atoms in total. The molecule has 0 saturated carbocycles. The topological polar surface area (TPSA) is 161 Å². The Hall–Kier alpha value is -2.60. The van der Waals surface area contributed by atoms with E-state index in [0.29, 0.717) is 0 Å². The molecule has 1 atom stereocenters. The fourth-order valence-corrected chi connectivity index (χ4v) is 3.31. The van der Waals surface area contributed by atoms with Gasteiger partial charge < -0.3 is 10.2 Å². The Kier molecular flexibility index (Phi) is 6.53. The number of nitrogens with zero attached hydrogens (tertiary/aromatic N) is 2. The van der Waals surface area contributed by atoms with Crippen LogP contribution in [0.25, 0.3) is 0 Å². The second kappa shape index (κ2) is 8.14. The summed E-state index contributed by atoms with van der Waals surface area (Å²) in [6.07, 6.45) is 1.68. The number of hydrogen-bond donors (Lipinski definition) is 2. The van der Waals surface area contributed by atoms with Crippen LogP contribution in [0.5, 0.6) is 0 Å². The van der Waals surface area contributed by atoms with E-state index < -0.39 is 38.7 Å². The van der Waals surface area contributed by atoms with Crippen molar-refractivity contribution in [3.63, 3.8) is 0 Å². The van der Waals surface area contributed by atoms with Crippen molar-refractivity contribution in [2.24, 2.45) is 0 Å². The van der Waals surface area contributed by atoms with Crippen LogP contribution in [0.1, 0.15) is 10.4 Å². The number of nitro groups is 2. The number of benzene rings is 1. The first kappa shape index (κ1) is 18.4. The molecule has 23 heavy (non-hydrogen) atoms. The van der Waals surface area contributed by atoms with Crippen LogP contribution in [0.3, 0.4) is 0 Å². The minimum absolute atomic E-state index is 0.319. The molecule has 1 aromatic carbocycles. The Morgan fingerprint density at radius 2 is 1.78 bits per heavy atom. The van der Waals surface area contributed by atoms with Crippen molar-refractivity contribution in [1.82, 2.24) is 0 Å². The first-order valence-electron chi connectivity index (χ1n) is 5.62. The molecule has 1 aliphatic rings. The average molecular weight is 360 g/mol. The second-order valence-corrected chi connectivity index (χ2v) is 6.09. The summed E-state index contributed by atoms with van der Waals surface area (Å²) in [5, 5.41) is 39.3. The van der Waals surface area contributed by atoms with Crippen molar-refractivity contribution in [3.05, 3.63) is 55.5 Å². The Bertz CT molecular complexity index is 658. The average Bonchev–Trinajstić information content (AvgIpc) is 3.01. The lowest BCUT2D eigenvalue weighted by Crippen LogP contribution is -2.09. The first-order valence-corrected chi connectivity index (χ1v) is 7.90. The number of rotatable bonds is 4. The molecule has 2 rings (SSSR count). The minimum atomic E-state index is -1.58. The van der Waals surface area contributed by atoms with Gasteiger partial charge in [-0.05, 0) is 11.5 Å². The smallest absolute Gasteiger partial charge is 0.360 e. The molecule has 0 spiro atoms. The number of aliphatic carboxylic acids is 1. The van der Waals surface area contributed by atoms with Gasteiger partial charge in [-0.2, -0.15) is 0 Å². The van der Waals surface area contributed by atoms with Crippen molar-refractivity contribution in [2.75, 3.05) is 0 Å². The monoisotopic (exact) mass is 360 g/mol. The third kappa shape index (κ3) is 4.96. The largest absolute Gasteiger partial charge is 0.480 e. The molecule has 1 aromatic rings. The zero-order valence-electron chi connectivity index (χ0n) is 11.0. The zero-order chi connectivity index (χ0) is 17.6. The number of nitro benzene ring substituents is 2. The zero-order valence-corrected chi connectivity index (χ0v) is 12.7. The SMILES string of the molecule is O=C(O)C1C=CSS1.O=C(O)c1cccc([N+](=O)[O-])c1[N+](=O)[O-]. The van der Waals surface area contributed by atoms with E-state index in [1.54, 1.807) is 11.5 Å². The predicted octanol–water partition coefficient (Wildman–Crippen LogP) is 2.55. The van der Waals surface area contributed by atoms with Crippen LogP contribution in [-0.4, -0.2) is 37.2 Å². The molecule has 1 heterocycles. The van der Waals surface area contributed by atoms with Gasteiger partial charge in [-0.1, -0.05) is 33.7 Å². The van der Waals surface area contributed by atoms with Gasteiger partial charge in [-0.25, -0.2) is 4.79 Å². The highest BCUT2D eigenvalue weighted by molar-refractivity contribution is 8.78. The highest BCUT2D eigenvalue weighted by Gasteiger charge is 2.31. The van der Waals surface area contributed by atoms with Crippen molar-refractivity contribution in [1.29, 1.82) is 0 Å². The van der Waals surface area contributed by atoms with Gasteiger partial charge in [-0.3, -0.25) is 25.0 Å². The maximum absolute atomic E-state index is 10.6. The lowest BCUT2D eigenvalue weighted by Gasteiger charge is -1.97. The molecule has 0 radical (unpaired) electrons. The number of carboxylic acids is 2. The quantitative estimate of drug-likeness (QED) is 0.463. The highest BCUT2D eigenvalue weighted by atomic mass is 33.1. The van der Waals surface area contributed by atoms with Crippen LogP contribution in [0.4, 0.5) is 11.4 Å².